The van der Waals surface area contributed by atoms with Crippen LogP contribution in [0.4, 0.5) is 0 Å². The fourth-order valence-electron chi connectivity index (χ4n) is 2.21. The van der Waals surface area contributed by atoms with Gasteiger partial charge in [0, 0.05) is 19.1 Å². The topological polar surface area (TPSA) is 15.3 Å². The summed E-state index contributed by atoms with van der Waals surface area (Å²) in [6, 6.07) is 9.41. The lowest BCUT2D eigenvalue weighted by Gasteiger charge is -2.31. The van der Waals surface area contributed by atoms with Gasteiger partial charge in [0.15, 0.2) is 0 Å². The van der Waals surface area contributed by atoms with Crippen molar-refractivity contribution in [3.05, 3.63) is 35.4 Å². The third kappa shape index (κ3) is 4.49. The van der Waals surface area contributed by atoms with E-state index in [1.165, 1.54) is 11.1 Å². The van der Waals surface area contributed by atoms with E-state index >= 15 is 0 Å². The molecule has 2 heteroatoms. The molecule has 1 rings (SSSR count). The van der Waals surface area contributed by atoms with Crippen molar-refractivity contribution in [2.24, 2.45) is 5.92 Å². The molecule has 2 nitrogen and oxygen atoms in total. The van der Waals surface area contributed by atoms with Crippen LogP contribution in [0.3, 0.4) is 0 Å². The summed E-state index contributed by atoms with van der Waals surface area (Å²) in [4.78, 5) is 2.44. The molecular formula is C15H26N2. The molecule has 0 spiro atoms. The lowest BCUT2D eigenvalue weighted by molar-refractivity contribution is 0.182. The Morgan fingerprint density at radius 1 is 1.18 bits per heavy atom. The minimum atomic E-state index is 0.585. The van der Waals surface area contributed by atoms with Gasteiger partial charge in [0.2, 0.25) is 0 Å². The first kappa shape index (κ1) is 14.2. The second-order valence-electron chi connectivity index (χ2n) is 5.27. The molecule has 0 radical (unpaired) electrons. The summed E-state index contributed by atoms with van der Waals surface area (Å²) in [6.07, 6.45) is 0. The van der Waals surface area contributed by atoms with Crippen molar-refractivity contribution in [2.45, 2.75) is 33.4 Å². The zero-order valence-corrected chi connectivity index (χ0v) is 11.8. The van der Waals surface area contributed by atoms with Gasteiger partial charge < -0.3 is 5.32 Å². The molecule has 17 heavy (non-hydrogen) atoms. The van der Waals surface area contributed by atoms with Crippen LogP contribution in [0.1, 0.15) is 25.0 Å². The number of rotatable bonds is 6. The smallest absolute Gasteiger partial charge is 0.0243 e. The molecule has 0 saturated carbocycles. The molecule has 1 atom stereocenters. The fourth-order valence-corrected chi connectivity index (χ4v) is 2.21. The summed E-state index contributed by atoms with van der Waals surface area (Å²) in [6.45, 7) is 8.76. The summed E-state index contributed by atoms with van der Waals surface area (Å²) >= 11 is 0. The molecule has 1 aromatic carbocycles. The van der Waals surface area contributed by atoms with Gasteiger partial charge in [0.1, 0.15) is 0 Å². The zero-order chi connectivity index (χ0) is 12.8. The standard InChI is InChI=1S/C15H26N2/c1-12(2)15(10-16-4)17(5)11-14-8-6-13(3)7-9-14/h6-9,12,15-16H,10-11H2,1-5H3. The fraction of sp³-hybridized carbons (Fsp3) is 0.600. The van der Waals surface area contributed by atoms with E-state index < -0.39 is 0 Å². The van der Waals surface area contributed by atoms with Gasteiger partial charge in [-0.25, -0.2) is 0 Å². The number of nitrogens with one attached hydrogen (secondary N) is 1. The molecule has 1 N–H and O–H groups in total. The summed E-state index contributed by atoms with van der Waals surface area (Å²) in [5.74, 6) is 0.665. The highest BCUT2D eigenvalue weighted by Gasteiger charge is 2.17. The van der Waals surface area contributed by atoms with Gasteiger partial charge in [-0.2, -0.15) is 0 Å². The van der Waals surface area contributed by atoms with E-state index in [9.17, 15) is 0 Å². The summed E-state index contributed by atoms with van der Waals surface area (Å²) in [5.41, 5.74) is 2.71. The minimum Gasteiger partial charge on any atom is -0.318 e. The molecule has 1 aromatic rings. The predicted octanol–water partition coefficient (Wildman–Crippen LogP) is 2.67. The highest BCUT2D eigenvalue weighted by Crippen LogP contribution is 2.13. The average Bonchev–Trinajstić information content (AvgIpc) is 2.28. The maximum atomic E-state index is 3.28. The molecular weight excluding hydrogens is 208 g/mol. The molecule has 0 aromatic heterocycles. The normalized spacial score (nSPS) is 13.4. The Bertz CT molecular complexity index is 316. The van der Waals surface area contributed by atoms with Crippen LogP contribution < -0.4 is 5.32 Å². The quantitative estimate of drug-likeness (QED) is 0.814. The van der Waals surface area contributed by atoms with Crippen LogP contribution in [0, 0.1) is 12.8 Å². The van der Waals surface area contributed by atoms with Crippen LogP contribution in [0.5, 0.6) is 0 Å². The lowest BCUT2D eigenvalue weighted by atomic mass is 10.0. The zero-order valence-electron chi connectivity index (χ0n) is 11.8. The molecule has 0 aliphatic heterocycles. The first-order valence-electron chi connectivity index (χ1n) is 6.45. The van der Waals surface area contributed by atoms with Crippen LogP contribution in [-0.2, 0) is 6.54 Å². The van der Waals surface area contributed by atoms with Crippen LogP contribution in [-0.4, -0.2) is 31.6 Å². The van der Waals surface area contributed by atoms with E-state index in [-0.39, 0.29) is 0 Å². The van der Waals surface area contributed by atoms with Crippen molar-refractivity contribution in [3.8, 4) is 0 Å². The molecule has 0 bridgehead atoms. The summed E-state index contributed by atoms with van der Waals surface area (Å²) < 4.78 is 0. The number of benzene rings is 1. The lowest BCUT2D eigenvalue weighted by Crippen LogP contribution is -2.42. The van der Waals surface area contributed by atoms with Crippen LogP contribution in [0.15, 0.2) is 24.3 Å². The number of aryl methyl sites for hydroxylation is 1. The average molecular weight is 234 g/mol. The largest absolute Gasteiger partial charge is 0.318 e. The van der Waals surface area contributed by atoms with E-state index in [1.54, 1.807) is 0 Å². The summed E-state index contributed by atoms with van der Waals surface area (Å²) in [5, 5.41) is 3.28. The van der Waals surface area contributed by atoms with Gasteiger partial charge in [-0.15, -0.1) is 0 Å². The number of likely N-dealkylation sites (N-methyl/N-ethyl adjacent to an activating group) is 2. The summed E-state index contributed by atoms with van der Waals surface area (Å²) in [7, 11) is 4.23. The number of nitrogens with zero attached hydrogens (tertiary/aromatic N) is 1. The molecule has 0 aliphatic rings. The first-order chi connectivity index (χ1) is 8.04. The molecule has 0 amide bonds. The molecule has 1 unspecified atom stereocenters. The van der Waals surface area contributed by atoms with Crippen molar-refractivity contribution in [3.63, 3.8) is 0 Å². The predicted molar refractivity (Wildman–Crippen MR) is 75.2 cm³/mol. The van der Waals surface area contributed by atoms with Crippen LogP contribution >= 0.6 is 0 Å². The molecule has 0 heterocycles. The van der Waals surface area contributed by atoms with Gasteiger partial charge in [0.05, 0.1) is 0 Å². The van der Waals surface area contributed by atoms with E-state index in [1.807, 2.05) is 7.05 Å². The number of hydrogen-bond donors (Lipinski definition) is 1. The monoisotopic (exact) mass is 234 g/mol. The third-order valence-electron chi connectivity index (χ3n) is 3.30. The van der Waals surface area contributed by atoms with Gasteiger partial charge in [-0.05, 0) is 32.5 Å². The molecule has 0 fully saturated rings. The Balaban J connectivity index is 2.62. The Hall–Kier alpha value is -0.860. The maximum absolute atomic E-state index is 3.28. The van der Waals surface area contributed by atoms with E-state index in [0.717, 1.165) is 13.1 Å². The van der Waals surface area contributed by atoms with Crippen molar-refractivity contribution in [2.75, 3.05) is 20.6 Å². The molecule has 0 saturated heterocycles. The van der Waals surface area contributed by atoms with Crippen molar-refractivity contribution >= 4 is 0 Å². The third-order valence-corrected chi connectivity index (χ3v) is 3.30. The van der Waals surface area contributed by atoms with Gasteiger partial charge in [-0.3, -0.25) is 4.90 Å². The molecule has 0 aliphatic carbocycles. The Morgan fingerprint density at radius 2 is 1.76 bits per heavy atom. The van der Waals surface area contributed by atoms with Gasteiger partial charge in [-0.1, -0.05) is 43.7 Å². The Kier molecular flexibility index (Phi) is 5.66. The van der Waals surface area contributed by atoms with Crippen molar-refractivity contribution in [1.29, 1.82) is 0 Å². The Morgan fingerprint density at radius 3 is 2.24 bits per heavy atom. The van der Waals surface area contributed by atoms with Crippen LogP contribution in [0.2, 0.25) is 0 Å². The van der Waals surface area contributed by atoms with Gasteiger partial charge in [0.25, 0.3) is 0 Å². The highest BCUT2D eigenvalue weighted by atomic mass is 15.1. The van der Waals surface area contributed by atoms with Crippen LogP contribution in [0.25, 0.3) is 0 Å². The maximum Gasteiger partial charge on any atom is 0.0243 e. The minimum absolute atomic E-state index is 0.585. The van der Waals surface area contributed by atoms with Gasteiger partial charge >= 0.3 is 0 Å². The highest BCUT2D eigenvalue weighted by molar-refractivity contribution is 5.21. The second kappa shape index (κ2) is 6.77. The van der Waals surface area contributed by atoms with Crippen molar-refractivity contribution < 1.29 is 0 Å². The van der Waals surface area contributed by atoms with Crippen molar-refractivity contribution in [1.82, 2.24) is 10.2 Å². The SMILES string of the molecule is CNCC(C(C)C)N(C)Cc1ccc(C)cc1. The Labute approximate surface area is 106 Å². The molecule has 96 valence electrons. The first-order valence-corrected chi connectivity index (χ1v) is 6.45. The van der Waals surface area contributed by atoms with E-state index in [2.05, 4.69) is 62.3 Å². The number of hydrogen-bond acceptors (Lipinski definition) is 2. The van der Waals surface area contributed by atoms with E-state index in [4.69, 9.17) is 0 Å². The van der Waals surface area contributed by atoms with E-state index in [0.29, 0.717) is 12.0 Å². The second-order valence-corrected chi connectivity index (χ2v) is 5.27.